The van der Waals surface area contributed by atoms with Gasteiger partial charge >= 0.3 is 0 Å². The van der Waals surface area contributed by atoms with Crippen LogP contribution in [0.3, 0.4) is 0 Å². The molecule has 92 valence electrons. The molecule has 1 N–H and O–H groups in total. The van der Waals surface area contributed by atoms with E-state index in [4.69, 9.17) is 0 Å². The second-order valence-electron chi connectivity index (χ2n) is 5.46. The number of hydrogen-bond donors (Lipinski definition) is 1. The van der Waals surface area contributed by atoms with E-state index in [9.17, 15) is 4.79 Å². The number of amides is 1. The van der Waals surface area contributed by atoms with Crippen LogP contribution >= 0.6 is 11.3 Å². The highest BCUT2D eigenvalue weighted by Crippen LogP contribution is 2.54. The van der Waals surface area contributed by atoms with E-state index in [0.717, 1.165) is 29.7 Å². The van der Waals surface area contributed by atoms with Gasteiger partial charge in [0.1, 0.15) is 5.01 Å². The monoisotopic (exact) mass is 250 g/mol. The van der Waals surface area contributed by atoms with Crippen molar-refractivity contribution in [3.63, 3.8) is 0 Å². The second-order valence-corrected chi connectivity index (χ2v) is 6.73. The summed E-state index contributed by atoms with van der Waals surface area (Å²) in [6.07, 6.45) is 5.46. The molecule has 1 amide bonds. The van der Waals surface area contributed by atoms with Crippen molar-refractivity contribution in [3.05, 3.63) is 16.1 Å². The summed E-state index contributed by atoms with van der Waals surface area (Å²) in [6, 6.07) is 0.0538. The Balaban J connectivity index is 1.57. The zero-order chi connectivity index (χ0) is 12.0. The summed E-state index contributed by atoms with van der Waals surface area (Å²) in [5, 5.41) is 4.11. The van der Waals surface area contributed by atoms with Crippen molar-refractivity contribution in [1.82, 2.24) is 10.3 Å². The predicted octanol–water partition coefficient (Wildman–Crippen LogP) is 2.67. The highest BCUT2D eigenvalue weighted by molar-refractivity contribution is 7.11. The van der Waals surface area contributed by atoms with Gasteiger partial charge in [-0.1, -0.05) is 0 Å². The van der Waals surface area contributed by atoms with Crippen molar-refractivity contribution in [3.8, 4) is 0 Å². The van der Waals surface area contributed by atoms with E-state index in [1.807, 2.05) is 20.0 Å². The fourth-order valence-electron chi connectivity index (χ4n) is 2.89. The smallest absolute Gasteiger partial charge is 0.223 e. The zero-order valence-corrected chi connectivity index (χ0v) is 11.1. The summed E-state index contributed by atoms with van der Waals surface area (Å²) >= 11 is 1.66. The number of thiazole rings is 1. The molecule has 0 bridgehead atoms. The van der Waals surface area contributed by atoms with Crippen molar-refractivity contribution < 1.29 is 4.79 Å². The summed E-state index contributed by atoms with van der Waals surface area (Å²) in [5.41, 5.74) is 0. The van der Waals surface area contributed by atoms with Crippen LogP contribution in [0.4, 0.5) is 0 Å². The van der Waals surface area contributed by atoms with Crippen LogP contribution in [0.1, 0.15) is 42.1 Å². The number of rotatable bonds is 3. The van der Waals surface area contributed by atoms with E-state index < -0.39 is 0 Å². The summed E-state index contributed by atoms with van der Waals surface area (Å²) in [5.74, 6) is 2.23. The number of aromatic nitrogens is 1. The molecule has 17 heavy (non-hydrogen) atoms. The Labute approximate surface area is 106 Å². The number of carbonyl (C=O) groups is 1. The van der Waals surface area contributed by atoms with Gasteiger partial charge in [-0.15, -0.1) is 11.3 Å². The van der Waals surface area contributed by atoms with Gasteiger partial charge in [0, 0.05) is 17.0 Å². The van der Waals surface area contributed by atoms with E-state index in [2.05, 4.69) is 10.3 Å². The Morgan fingerprint density at radius 2 is 2.18 bits per heavy atom. The first-order valence-electron chi connectivity index (χ1n) is 6.36. The van der Waals surface area contributed by atoms with Crippen LogP contribution in [0.5, 0.6) is 0 Å². The minimum atomic E-state index is 0.0538. The maximum absolute atomic E-state index is 12.1. The fourth-order valence-corrected chi connectivity index (χ4v) is 3.67. The van der Waals surface area contributed by atoms with Gasteiger partial charge in [0.25, 0.3) is 0 Å². The predicted molar refractivity (Wildman–Crippen MR) is 67.7 cm³/mol. The molecule has 2 fully saturated rings. The molecule has 1 aromatic heterocycles. The van der Waals surface area contributed by atoms with Gasteiger partial charge in [-0.3, -0.25) is 4.79 Å². The van der Waals surface area contributed by atoms with Gasteiger partial charge in [0.2, 0.25) is 5.91 Å². The normalized spacial score (nSPS) is 32.0. The summed E-state index contributed by atoms with van der Waals surface area (Å²) in [6.45, 7) is 4.06. The van der Waals surface area contributed by atoms with E-state index in [1.54, 1.807) is 11.3 Å². The lowest BCUT2D eigenvalue weighted by Crippen LogP contribution is -2.32. The van der Waals surface area contributed by atoms with E-state index >= 15 is 0 Å². The van der Waals surface area contributed by atoms with Crippen LogP contribution in [0.15, 0.2) is 6.20 Å². The third-order valence-electron chi connectivity index (χ3n) is 3.98. The molecule has 3 nitrogen and oxygen atoms in total. The first-order valence-corrected chi connectivity index (χ1v) is 7.18. The van der Waals surface area contributed by atoms with Gasteiger partial charge in [0.05, 0.1) is 6.04 Å². The van der Waals surface area contributed by atoms with Crippen LogP contribution in [0.25, 0.3) is 0 Å². The van der Waals surface area contributed by atoms with E-state index in [-0.39, 0.29) is 17.9 Å². The topological polar surface area (TPSA) is 42.0 Å². The maximum atomic E-state index is 12.1. The SMILES string of the molecule is Cc1cnc(C(C)NC(=O)C2CC3CC3C2)s1. The molecular weight excluding hydrogens is 232 g/mol. The van der Waals surface area contributed by atoms with Gasteiger partial charge < -0.3 is 5.32 Å². The average Bonchev–Trinajstić information content (AvgIpc) is 2.74. The Kier molecular flexibility index (Phi) is 2.69. The summed E-state index contributed by atoms with van der Waals surface area (Å²) in [4.78, 5) is 17.6. The number of nitrogens with one attached hydrogen (secondary N) is 1. The van der Waals surface area contributed by atoms with Crippen LogP contribution < -0.4 is 5.32 Å². The molecular formula is C13H18N2OS. The maximum Gasteiger partial charge on any atom is 0.223 e. The molecule has 0 aromatic carbocycles. The minimum Gasteiger partial charge on any atom is -0.347 e. The highest BCUT2D eigenvalue weighted by atomic mass is 32.1. The van der Waals surface area contributed by atoms with Gasteiger partial charge in [0.15, 0.2) is 0 Å². The van der Waals surface area contributed by atoms with Gasteiger partial charge in [-0.2, -0.15) is 0 Å². The Bertz CT molecular complexity index is 432. The van der Waals surface area contributed by atoms with Crippen LogP contribution in [0.2, 0.25) is 0 Å². The molecule has 0 saturated heterocycles. The number of hydrogen-bond acceptors (Lipinski definition) is 3. The summed E-state index contributed by atoms with van der Waals surface area (Å²) in [7, 11) is 0. The first kappa shape index (κ1) is 11.2. The van der Waals surface area contributed by atoms with Gasteiger partial charge in [-0.05, 0) is 44.9 Å². The number of nitrogens with zero attached hydrogens (tertiary/aromatic N) is 1. The molecule has 2 saturated carbocycles. The molecule has 0 radical (unpaired) electrons. The summed E-state index contributed by atoms with van der Waals surface area (Å²) < 4.78 is 0. The third kappa shape index (κ3) is 2.23. The molecule has 1 heterocycles. The lowest BCUT2D eigenvalue weighted by Gasteiger charge is -2.16. The average molecular weight is 250 g/mol. The molecule has 2 aliphatic carbocycles. The lowest BCUT2D eigenvalue weighted by molar-refractivity contribution is -0.125. The van der Waals surface area contributed by atoms with Crippen molar-refractivity contribution in [2.45, 2.75) is 39.2 Å². The molecule has 1 aromatic rings. The first-order chi connectivity index (χ1) is 8.13. The van der Waals surface area contributed by atoms with Crippen molar-refractivity contribution in [1.29, 1.82) is 0 Å². The quantitative estimate of drug-likeness (QED) is 0.896. The Hall–Kier alpha value is -0.900. The molecule has 3 atom stereocenters. The van der Waals surface area contributed by atoms with Gasteiger partial charge in [-0.25, -0.2) is 4.98 Å². The Morgan fingerprint density at radius 3 is 2.76 bits per heavy atom. The van der Waals surface area contributed by atoms with E-state index in [1.165, 1.54) is 11.3 Å². The van der Waals surface area contributed by atoms with E-state index in [0.29, 0.717) is 0 Å². The standard InChI is InChI=1S/C13H18N2OS/c1-7-6-14-13(17-7)8(2)15-12(16)11-4-9-3-10(9)5-11/h6,8-11H,3-5H2,1-2H3,(H,15,16). The molecule has 4 heteroatoms. The molecule has 2 aliphatic rings. The largest absolute Gasteiger partial charge is 0.347 e. The number of aryl methyl sites for hydroxylation is 1. The third-order valence-corrected chi connectivity index (χ3v) is 5.08. The Morgan fingerprint density at radius 1 is 1.47 bits per heavy atom. The van der Waals surface area contributed by atoms with Crippen molar-refractivity contribution in [2.24, 2.45) is 17.8 Å². The zero-order valence-electron chi connectivity index (χ0n) is 10.3. The molecule has 0 spiro atoms. The van der Waals surface area contributed by atoms with Crippen molar-refractivity contribution >= 4 is 17.2 Å². The molecule has 3 rings (SSSR count). The number of fused-ring (bicyclic) bond motifs is 1. The fraction of sp³-hybridized carbons (Fsp3) is 0.692. The minimum absolute atomic E-state index is 0.0538. The second kappa shape index (κ2) is 4.09. The number of carbonyl (C=O) groups excluding carboxylic acids is 1. The molecule has 0 aliphatic heterocycles. The van der Waals surface area contributed by atoms with Crippen LogP contribution in [-0.4, -0.2) is 10.9 Å². The van der Waals surface area contributed by atoms with Crippen molar-refractivity contribution in [2.75, 3.05) is 0 Å². The van der Waals surface area contributed by atoms with Crippen LogP contribution in [0, 0.1) is 24.7 Å². The van der Waals surface area contributed by atoms with Crippen LogP contribution in [-0.2, 0) is 4.79 Å². The molecule has 3 unspecified atom stereocenters. The highest BCUT2D eigenvalue weighted by Gasteiger charge is 2.48. The lowest BCUT2D eigenvalue weighted by atomic mass is 10.0.